The van der Waals surface area contributed by atoms with E-state index in [4.69, 9.17) is 0 Å². The van der Waals surface area contributed by atoms with Crippen LogP contribution in [0, 0.1) is 11.8 Å². The maximum Gasteiger partial charge on any atom is 0.573 e. The molecule has 0 atom stereocenters. The smallest absolute Gasteiger partial charge is 0.404 e. The number of carbonyl (C=O) groups excluding carboxylic acids is 1. The van der Waals surface area contributed by atoms with Gasteiger partial charge >= 0.3 is 6.36 Å². The molecule has 1 N–H and O–H groups in total. The highest BCUT2D eigenvalue weighted by Gasteiger charge is 2.33. The van der Waals surface area contributed by atoms with E-state index in [1.54, 1.807) is 12.1 Å². The van der Waals surface area contributed by atoms with Crippen molar-refractivity contribution in [1.82, 2.24) is 10.2 Å². The quantitative estimate of drug-likeness (QED) is 0.552. The van der Waals surface area contributed by atoms with E-state index in [2.05, 4.69) is 39.2 Å². The first-order chi connectivity index (χ1) is 16.9. The number of benzene rings is 2. The number of para-hydroxylation sites is 2. The first kappa shape index (κ1) is 25.4. The molecule has 2 fully saturated rings. The van der Waals surface area contributed by atoms with Crippen molar-refractivity contribution in [1.29, 1.82) is 0 Å². The number of alkyl halides is 3. The van der Waals surface area contributed by atoms with Crippen LogP contribution in [-0.2, 0) is 11.3 Å². The minimum absolute atomic E-state index is 0.0611. The summed E-state index contributed by atoms with van der Waals surface area (Å²) in [5.41, 5.74) is 1.77. The molecule has 190 valence electrons. The van der Waals surface area contributed by atoms with Gasteiger partial charge in [-0.1, -0.05) is 42.5 Å². The van der Waals surface area contributed by atoms with Gasteiger partial charge in [-0.3, -0.25) is 9.69 Å². The van der Waals surface area contributed by atoms with E-state index < -0.39 is 6.36 Å². The van der Waals surface area contributed by atoms with Gasteiger partial charge < -0.3 is 15.0 Å². The molecule has 8 heteroatoms. The van der Waals surface area contributed by atoms with Gasteiger partial charge in [0.2, 0.25) is 5.91 Å². The lowest BCUT2D eigenvalue weighted by Crippen LogP contribution is -2.41. The minimum Gasteiger partial charge on any atom is -0.404 e. The van der Waals surface area contributed by atoms with E-state index in [1.165, 1.54) is 17.7 Å². The van der Waals surface area contributed by atoms with Crippen molar-refractivity contribution in [2.45, 2.75) is 45.0 Å². The zero-order valence-electron chi connectivity index (χ0n) is 20.0. The maximum absolute atomic E-state index is 12.7. The predicted molar refractivity (Wildman–Crippen MR) is 130 cm³/mol. The van der Waals surface area contributed by atoms with Crippen molar-refractivity contribution < 1.29 is 22.7 Å². The Morgan fingerprint density at radius 1 is 0.914 bits per heavy atom. The van der Waals surface area contributed by atoms with Crippen LogP contribution in [0.2, 0.25) is 0 Å². The summed E-state index contributed by atoms with van der Waals surface area (Å²) in [6.45, 7) is 4.91. The third-order valence-electron chi connectivity index (χ3n) is 7.11. The van der Waals surface area contributed by atoms with Gasteiger partial charge in [0.15, 0.2) is 5.75 Å². The molecule has 2 heterocycles. The summed E-state index contributed by atoms with van der Waals surface area (Å²) >= 11 is 0. The van der Waals surface area contributed by atoms with Crippen LogP contribution in [0.1, 0.15) is 37.7 Å². The van der Waals surface area contributed by atoms with Gasteiger partial charge in [0.1, 0.15) is 0 Å². The van der Waals surface area contributed by atoms with Crippen LogP contribution in [0.25, 0.3) is 0 Å². The summed E-state index contributed by atoms with van der Waals surface area (Å²) in [5.74, 6) is 0.396. The molecule has 0 aliphatic carbocycles. The maximum atomic E-state index is 12.7. The molecule has 2 aromatic carbocycles. The Bertz CT molecular complexity index is 938. The van der Waals surface area contributed by atoms with Crippen LogP contribution in [0.15, 0.2) is 54.6 Å². The largest absolute Gasteiger partial charge is 0.573 e. The van der Waals surface area contributed by atoms with Gasteiger partial charge in [0.25, 0.3) is 0 Å². The van der Waals surface area contributed by atoms with E-state index in [1.807, 2.05) is 11.0 Å². The standard InChI is InChI=1S/C27H34F3N3O2/c28-27(29,30)35-25-9-5-4-8-24(25)33-18-13-23(14-19-33)26(34)31-15-10-21-11-16-32(17-12-21)20-22-6-2-1-3-7-22/h1-9,21,23H,10-20H2,(H,31,34). The molecule has 2 aliphatic rings. The molecule has 0 saturated carbocycles. The van der Waals surface area contributed by atoms with Crippen molar-refractivity contribution in [3.05, 3.63) is 60.2 Å². The van der Waals surface area contributed by atoms with Crippen LogP contribution in [-0.4, -0.2) is 49.9 Å². The number of rotatable bonds is 8. The Morgan fingerprint density at radius 2 is 1.57 bits per heavy atom. The van der Waals surface area contributed by atoms with E-state index in [0.717, 1.165) is 38.9 Å². The Hall–Kier alpha value is -2.74. The summed E-state index contributed by atoms with van der Waals surface area (Å²) in [7, 11) is 0. The highest BCUT2D eigenvalue weighted by Crippen LogP contribution is 2.35. The number of anilines is 1. The van der Waals surface area contributed by atoms with Crippen LogP contribution >= 0.6 is 0 Å². The normalized spacial score (nSPS) is 18.4. The fraction of sp³-hybridized carbons (Fsp3) is 0.519. The second-order valence-electron chi connectivity index (χ2n) is 9.56. The van der Waals surface area contributed by atoms with Crippen molar-refractivity contribution in [3.63, 3.8) is 0 Å². The molecule has 4 rings (SSSR count). The molecule has 2 aromatic rings. The Balaban J connectivity index is 1.15. The zero-order valence-corrected chi connectivity index (χ0v) is 20.0. The Kier molecular flexibility index (Phi) is 8.55. The lowest BCUT2D eigenvalue weighted by molar-refractivity contribution is -0.274. The second-order valence-corrected chi connectivity index (χ2v) is 9.56. The van der Waals surface area contributed by atoms with E-state index >= 15 is 0 Å². The Morgan fingerprint density at radius 3 is 2.26 bits per heavy atom. The molecule has 35 heavy (non-hydrogen) atoms. The molecule has 2 aliphatic heterocycles. The van der Waals surface area contributed by atoms with Gasteiger partial charge in [-0.25, -0.2) is 0 Å². The summed E-state index contributed by atoms with van der Waals surface area (Å²) in [6, 6.07) is 16.7. The molecule has 2 saturated heterocycles. The van der Waals surface area contributed by atoms with Gasteiger partial charge in [-0.05, 0) is 68.8 Å². The minimum atomic E-state index is -4.73. The summed E-state index contributed by atoms with van der Waals surface area (Å²) in [6.07, 6.45) is -0.201. The number of hydrogen-bond acceptors (Lipinski definition) is 4. The van der Waals surface area contributed by atoms with Crippen LogP contribution < -0.4 is 15.0 Å². The third-order valence-corrected chi connectivity index (χ3v) is 7.11. The highest BCUT2D eigenvalue weighted by atomic mass is 19.4. The van der Waals surface area contributed by atoms with Crippen LogP contribution in [0.4, 0.5) is 18.9 Å². The molecule has 0 spiro atoms. The molecule has 0 aromatic heterocycles. The lowest BCUT2D eigenvalue weighted by Gasteiger charge is -2.34. The number of piperidine rings is 2. The molecule has 1 amide bonds. The van der Waals surface area contributed by atoms with Gasteiger partial charge in [-0.15, -0.1) is 13.2 Å². The summed E-state index contributed by atoms with van der Waals surface area (Å²) < 4.78 is 42.3. The number of halogens is 3. The highest BCUT2D eigenvalue weighted by molar-refractivity contribution is 5.79. The lowest BCUT2D eigenvalue weighted by atomic mass is 9.92. The zero-order chi connectivity index (χ0) is 24.7. The van der Waals surface area contributed by atoms with E-state index in [9.17, 15) is 18.0 Å². The number of nitrogens with zero attached hydrogens (tertiary/aromatic N) is 2. The van der Waals surface area contributed by atoms with Gasteiger partial charge in [0.05, 0.1) is 5.69 Å². The Labute approximate surface area is 205 Å². The van der Waals surface area contributed by atoms with E-state index in [-0.39, 0.29) is 17.6 Å². The van der Waals surface area contributed by atoms with Gasteiger partial charge in [0, 0.05) is 32.1 Å². The third kappa shape index (κ3) is 7.62. The van der Waals surface area contributed by atoms with E-state index in [0.29, 0.717) is 44.1 Å². The fourth-order valence-corrected chi connectivity index (χ4v) is 5.13. The first-order valence-corrected chi connectivity index (χ1v) is 12.5. The summed E-state index contributed by atoms with van der Waals surface area (Å²) in [5, 5.41) is 3.10. The number of ether oxygens (including phenoxy) is 1. The number of amides is 1. The molecule has 0 radical (unpaired) electrons. The van der Waals surface area contributed by atoms with Crippen molar-refractivity contribution in [3.8, 4) is 5.75 Å². The molecular weight excluding hydrogens is 455 g/mol. The molecular formula is C27H34F3N3O2. The van der Waals surface area contributed by atoms with Crippen LogP contribution in [0.5, 0.6) is 5.75 Å². The number of carbonyl (C=O) groups is 1. The van der Waals surface area contributed by atoms with Crippen LogP contribution in [0.3, 0.4) is 0 Å². The summed E-state index contributed by atoms with van der Waals surface area (Å²) in [4.78, 5) is 17.0. The number of nitrogens with one attached hydrogen (secondary N) is 1. The van der Waals surface area contributed by atoms with Crippen molar-refractivity contribution in [2.75, 3.05) is 37.6 Å². The SMILES string of the molecule is O=C(NCCC1CCN(Cc2ccccc2)CC1)C1CCN(c2ccccc2OC(F)(F)F)CC1. The second kappa shape index (κ2) is 11.8. The molecule has 0 unspecified atom stereocenters. The topological polar surface area (TPSA) is 44.8 Å². The molecule has 5 nitrogen and oxygen atoms in total. The van der Waals surface area contributed by atoms with Gasteiger partial charge in [-0.2, -0.15) is 0 Å². The average molecular weight is 490 g/mol. The predicted octanol–water partition coefficient (Wildman–Crippen LogP) is 5.22. The monoisotopic (exact) mass is 489 g/mol. The molecule has 0 bridgehead atoms. The fourth-order valence-electron chi connectivity index (χ4n) is 5.13. The number of likely N-dealkylation sites (tertiary alicyclic amines) is 1. The van der Waals surface area contributed by atoms with Crippen molar-refractivity contribution >= 4 is 11.6 Å². The first-order valence-electron chi connectivity index (χ1n) is 12.5. The number of hydrogen-bond donors (Lipinski definition) is 1. The average Bonchev–Trinajstić information content (AvgIpc) is 2.85. The van der Waals surface area contributed by atoms with Crippen molar-refractivity contribution in [2.24, 2.45) is 11.8 Å².